The first-order chi connectivity index (χ1) is 15.5. The van der Waals surface area contributed by atoms with Crippen molar-refractivity contribution < 1.29 is 5.11 Å². The van der Waals surface area contributed by atoms with Crippen molar-refractivity contribution in [3.05, 3.63) is 88.7 Å². The standard InChI is InChI=1S/C24H24N6O2/c1-30-20(32)13-12-19(29-30)22-21(17-10-6-3-7-11-17)27-23(25)24(28-22)26-18(15-31)14-16-8-4-2-5-9-16/h2-13,18,31H,14-15H2,1H3,(H2,25,27)(H,26,28). The van der Waals surface area contributed by atoms with Gasteiger partial charge in [0.25, 0.3) is 5.56 Å². The Morgan fingerprint density at radius 3 is 2.31 bits per heavy atom. The fourth-order valence-electron chi connectivity index (χ4n) is 3.41. The van der Waals surface area contributed by atoms with E-state index in [0.29, 0.717) is 29.3 Å². The number of aryl methyl sites for hydroxylation is 1. The van der Waals surface area contributed by atoms with Crippen molar-refractivity contribution in [1.82, 2.24) is 19.7 Å². The Morgan fingerprint density at radius 1 is 0.969 bits per heavy atom. The lowest BCUT2D eigenvalue weighted by Gasteiger charge is -2.19. The maximum Gasteiger partial charge on any atom is 0.266 e. The second-order valence-electron chi connectivity index (χ2n) is 7.41. The van der Waals surface area contributed by atoms with E-state index in [4.69, 9.17) is 10.7 Å². The third-order valence-electron chi connectivity index (χ3n) is 5.06. The molecule has 162 valence electrons. The first-order valence-electron chi connectivity index (χ1n) is 10.2. The Morgan fingerprint density at radius 2 is 1.66 bits per heavy atom. The third kappa shape index (κ3) is 4.65. The van der Waals surface area contributed by atoms with Crippen LogP contribution in [0.5, 0.6) is 0 Å². The molecule has 0 spiro atoms. The number of anilines is 2. The highest BCUT2D eigenvalue weighted by Gasteiger charge is 2.19. The van der Waals surface area contributed by atoms with Gasteiger partial charge in [-0.1, -0.05) is 60.7 Å². The van der Waals surface area contributed by atoms with Crippen LogP contribution in [-0.2, 0) is 13.5 Å². The molecule has 32 heavy (non-hydrogen) atoms. The maximum absolute atomic E-state index is 11.8. The number of aliphatic hydroxyl groups excluding tert-OH is 1. The topological polar surface area (TPSA) is 119 Å². The second kappa shape index (κ2) is 9.40. The minimum absolute atomic E-state index is 0.107. The maximum atomic E-state index is 11.8. The molecule has 0 aliphatic rings. The van der Waals surface area contributed by atoms with Gasteiger partial charge < -0.3 is 16.2 Å². The van der Waals surface area contributed by atoms with Crippen molar-refractivity contribution in [2.75, 3.05) is 17.7 Å². The van der Waals surface area contributed by atoms with Crippen LogP contribution in [0.15, 0.2) is 77.6 Å². The number of aliphatic hydroxyl groups is 1. The van der Waals surface area contributed by atoms with E-state index in [1.807, 2.05) is 60.7 Å². The molecule has 0 saturated heterocycles. The fourth-order valence-corrected chi connectivity index (χ4v) is 3.41. The molecule has 0 aliphatic carbocycles. The van der Waals surface area contributed by atoms with E-state index in [1.54, 1.807) is 13.1 Å². The summed E-state index contributed by atoms with van der Waals surface area (Å²) in [5.74, 6) is 0.564. The molecule has 0 amide bonds. The molecule has 4 aromatic rings. The number of nitrogen functional groups attached to an aromatic ring is 1. The quantitative estimate of drug-likeness (QED) is 0.414. The molecule has 8 heteroatoms. The zero-order chi connectivity index (χ0) is 22.5. The molecule has 8 nitrogen and oxygen atoms in total. The molecule has 0 saturated carbocycles. The number of hydrogen-bond acceptors (Lipinski definition) is 7. The minimum atomic E-state index is -0.308. The van der Waals surface area contributed by atoms with Gasteiger partial charge in [-0.2, -0.15) is 5.10 Å². The van der Waals surface area contributed by atoms with Crippen molar-refractivity contribution in [1.29, 1.82) is 0 Å². The van der Waals surface area contributed by atoms with Crippen molar-refractivity contribution in [2.24, 2.45) is 7.05 Å². The zero-order valence-corrected chi connectivity index (χ0v) is 17.6. The summed E-state index contributed by atoms with van der Waals surface area (Å²) in [6.45, 7) is -0.107. The van der Waals surface area contributed by atoms with Crippen LogP contribution in [0.25, 0.3) is 22.6 Å². The summed E-state index contributed by atoms with van der Waals surface area (Å²) >= 11 is 0. The number of hydrogen-bond donors (Lipinski definition) is 3. The molecule has 0 fully saturated rings. The van der Waals surface area contributed by atoms with Crippen LogP contribution in [0, 0.1) is 0 Å². The lowest BCUT2D eigenvalue weighted by Crippen LogP contribution is -2.28. The van der Waals surface area contributed by atoms with Crippen molar-refractivity contribution >= 4 is 11.6 Å². The predicted molar refractivity (Wildman–Crippen MR) is 125 cm³/mol. The Labute approximate surface area is 185 Å². The minimum Gasteiger partial charge on any atom is -0.394 e. The van der Waals surface area contributed by atoms with E-state index in [0.717, 1.165) is 11.1 Å². The molecular formula is C24H24N6O2. The largest absolute Gasteiger partial charge is 0.394 e. The highest BCUT2D eigenvalue weighted by atomic mass is 16.3. The smallest absolute Gasteiger partial charge is 0.266 e. The molecule has 4 N–H and O–H groups in total. The summed E-state index contributed by atoms with van der Waals surface area (Å²) in [6, 6.07) is 22.1. The van der Waals surface area contributed by atoms with E-state index in [-0.39, 0.29) is 24.0 Å². The normalized spacial score (nSPS) is 11.8. The van der Waals surface area contributed by atoms with E-state index in [2.05, 4.69) is 15.4 Å². The first-order valence-corrected chi connectivity index (χ1v) is 10.2. The van der Waals surface area contributed by atoms with Crippen LogP contribution in [0.1, 0.15) is 5.56 Å². The monoisotopic (exact) mass is 428 g/mol. The van der Waals surface area contributed by atoms with Crippen LogP contribution in [0.4, 0.5) is 11.6 Å². The lowest BCUT2D eigenvalue weighted by atomic mass is 10.1. The molecule has 1 atom stereocenters. The average molecular weight is 428 g/mol. The molecule has 0 radical (unpaired) electrons. The van der Waals surface area contributed by atoms with Gasteiger partial charge in [0.1, 0.15) is 17.1 Å². The Balaban J connectivity index is 1.77. The van der Waals surface area contributed by atoms with Gasteiger partial charge in [0.15, 0.2) is 11.6 Å². The Hall–Kier alpha value is -4.04. The van der Waals surface area contributed by atoms with Crippen LogP contribution in [0.2, 0.25) is 0 Å². The SMILES string of the molecule is Cn1nc(-c2nc(NC(CO)Cc3ccccc3)c(N)nc2-c2ccccc2)ccc1=O. The molecule has 2 aromatic carbocycles. The second-order valence-corrected chi connectivity index (χ2v) is 7.41. The van der Waals surface area contributed by atoms with Crippen molar-refractivity contribution in [3.63, 3.8) is 0 Å². The Kier molecular flexibility index (Phi) is 6.23. The van der Waals surface area contributed by atoms with Gasteiger partial charge in [-0.3, -0.25) is 4.79 Å². The van der Waals surface area contributed by atoms with Gasteiger partial charge in [0, 0.05) is 18.7 Å². The van der Waals surface area contributed by atoms with Crippen LogP contribution in [-0.4, -0.2) is 37.5 Å². The van der Waals surface area contributed by atoms with E-state index in [1.165, 1.54) is 10.7 Å². The number of nitrogens with one attached hydrogen (secondary N) is 1. The van der Waals surface area contributed by atoms with Crippen molar-refractivity contribution in [3.8, 4) is 22.6 Å². The van der Waals surface area contributed by atoms with Gasteiger partial charge in [-0.25, -0.2) is 14.6 Å². The molecule has 0 bridgehead atoms. The van der Waals surface area contributed by atoms with Gasteiger partial charge in [0.2, 0.25) is 0 Å². The number of aromatic nitrogens is 4. The highest BCUT2D eigenvalue weighted by Crippen LogP contribution is 2.31. The average Bonchev–Trinajstić information content (AvgIpc) is 2.82. The number of nitrogens with two attached hydrogens (primary N) is 1. The van der Waals surface area contributed by atoms with Crippen LogP contribution >= 0.6 is 0 Å². The highest BCUT2D eigenvalue weighted by molar-refractivity contribution is 5.79. The molecule has 4 rings (SSSR count). The third-order valence-corrected chi connectivity index (χ3v) is 5.06. The van der Waals surface area contributed by atoms with Crippen molar-refractivity contribution in [2.45, 2.75) is 12.5 Å². The van der Waals surface area contributed by atoms with Gasteiger partial charge in [-0.05, 0) is 18.1 Å². The molecule has 2 aromatic heterocycles. The lowest BCUT2D eigenvalue weighted by molar-refractivity contribution is 0.273. The molecule has 0 aliphatic heterocycles. The van der Waals surface area contributed by atoms with E-state index in [9.17, 15) is 9.90 Å². The molecule has 1 unspecified atom stereocenters. The summed E-state index contributed by atoms with van der Waals surface area (Å²) in [4.78, 5) is 21.2. The van der Waals surface area contributed by atoms with Gasteiger partial charge in [-0.15, -0.1) is 0 Å². The van der Waals surface area contributed by atoms with Gasteiger partial charge >= 0.3 is 0 Å². The van der Waals surface area contributed by atoms with Gasteiger partial charge in [0.05, 0.1) is 12.6 Å². The number of rotatable bonds is 7. The summed E-state index contributed by atoms with van der Waals surface area (Å²) in [6.07, 6.45) is 0.590. The fraction of sp³-hybridized carbons (Fsp3) is 0.167. The van der Waals surface area contributed by atoms with E-state index >= 15 is 0 Å². The summed E-state index contributed by atoms with van der Waals surface area (Å²) < 4.78 is 1.25. The molecular weight excluding hydrogens is 404 g/mol. The van der Waals surface area contributed by atoms with E-state index < -0.39 is 0 Å². The summed E-state index contributed by atoms with van der Waals surface area (Å²) in [7, 11) is 1.58. The Bertz CT molecular complexity index is 1260. The molecule has 2 heterocycles. The number of benzene rings is 2. The predicted octanol–water partition coefficient (Wildman–Crippen LogP) is 2.50. The van der Waals surface area contributed by atoms with Crippen LogP contribution < -0.4 is 16.6 Å². The number of nitrogens with zero attached hydrogens (tertiary/aromatic N) is 4. The summed E-state index contributed by atoms with van der Waals surface area (Å²) in [5.41, 5.74) is 9.48. The summed E-state index contributed by atoms with van der Waals surface area (Å²) in [5, 5.41) is 17.5. The zero-order valence-electron chi connectivity index (χ0n) is 17.6. The van der Waals surface area contributed by atoms with Crippen LogP contribution in [0.3, 0.4) is 0 Å². The first kappa shape index (κ1) is 21.2.